The summed E-state index contributed by atoms with van der Waals surface area (Å²) in [7, 11) is 0. The second kappa shape index (κ2) is 32.3. The molecule has 0 saturated carbocycles. The lowest BCUT2D eigenvalue weighted by molar-refractivity contribution is 1.07. The van der Waals surface area contributed by atoms with E-state index in [-0.39, 0.29) is 0 Å². The van der Waals surface area contributed by atoms with Crippen LogP contribution < -0.4 is 0 Å². The Bertz CT molecular complexity index is 8480. The van der Waals surface area contributed by atoms with E-state index in [4.69, 9.17) is 34.9 Å². The van der Waals surface area contributed by atoms with E-state index in [1.54, 1.807) is 0 Å². The van der Waals surface area contributed by atoms with Crippen LogP contribution in [0.25, 0.3) is 265 Å². The number of pyridine rings is 2. The normalized spacial score (nSPS) is 11.6. The van der Waals surface area contributed by atoms with Gasteiger partial charge in [-0.25, -0.2) is 34.9 Å². The van der Waals surface area contributed by atoms with Gasteiger partial charge in [-0.05, 0) is 196 Å². The maximum absolute atomic E-state index is 5.69. The molecule has 22 aromatic carbocycles. The number of hydrogen-bond acceptors (Lipinski definition) is 7. The zero-order chi connectivity index (χ0) is 87.1. The molecule has 0 N–H and O–H groups in total. The fraction of sp³-hybridized carbons (Fsp3) is 0. The van der Waals surface area contributed by atoms with E-state index in [0.717, 1.165) is 128 Å². The zero-order valence-corrected chi connectivity index (χ0v) is 71.6. The van der Waals surface area contributed by atoms with Crippen molar-refractivity contribution < 1.29 is 0 Å². The molecule has 0 bridgehead atoms. The van der Waals surface area contributed by atoms with Crippen molar-refractivity contribution >= 4 is 130 Å². The summed E-state index contributed by atoms with van der Waals surface area (Å²) in [4.78, 5) is 36.7. The van der Waals surface area contributed by atoms with Gasteiger partial charge in [0.1, 0.15) is 0 Å². The minimum absolute atomic E-state index is 0.619. The fourth-order valence-electron chi connectivity index (χ4n) is 20.0. The highest BCUT2D eigenvalue weighted by molar-refractivity contribution is 6.25. The first-order valence-corrected chi connectivity index (χ1v) is 44.9. The molecule has 0 atom stereocenters. The summed E-state index contributed by atoms with van der Waals surface area (Å²) in [6, 6.07) is 167. The van der Waals surface area contributed by atoms with Crippen molar-refractivity contribution in [1.29, 1.82) is 0 Å². The number of rotatable bonds is 12. The lowest BCUT2D eigenvalue weighted by Gasteiger charge is -2.18. The van der Waals surface area contributed by atoms with Crippen LogP contribution in [0.3, 0.4) is 0 Å². The van der Waals surface area contributed by atoms with E-state index >= 15 is 0 Å². The van der Waals surface area contributed by atoms with Crippen LogP contribution >= 0.6 is 0 Å². The topological polar surface area (TPSA) is 90.2 Å². The minimum atomic E-state index is 0.619. The van der Waals surface area contributed by atoms with Crippen LogP contribution in [0.1, 0.15) is 0 Å². The van der Waals surface area contributed by atoms with Crippen molar-refractivity contribution in [2.24, 2.45) is 0 Å². The molecule has 4 aromatic heterocycles. The molecule has 0 saturated heterocycles. The van der Waals surface area contributed by atoms with Gasteiger partial charge in [0.2, 0.25) is 0 Å². The molecule has 132 heavy (non-hydrogen) atoms. The molecule has 7 heteroatoms. The maximum Gasteiger partial charge on any atom is 0.164 e. The van der Waals surface area contributed by atoms with Gasteiger partial charge >= 0.3 is 0 Å². The quantitative estimate of drug-likeness (QED) is 0.113. The molecule has 0 spiro atoms. The Morgan fingerprint density at radius 2 is 0.326 bits per heavy atom. The lowest BCUT2D eigenvalue weighted by Crippen LogP contribution is -2.00. The maximum atomic E-state index is 5.69. The fourth-order valence-corrected chi connectivity index (χ4v) is 20.0. The molecule has 4 heterocycles. The van der Waals surface area contributed by atoms with Gasteiger partial charge in [-0.1, -0.05) is 413 Å². The number of aromatic nitrogens is 7. The second-order valence-corrected chi connectivity index (χ2v) is 34.0. The van der Waals surface area contributed by atoms with E-state index in [1.807, 2.05) is 72.8 Å². The first-order chi connectivity index (χ1) is 65.4. The van der Waals surface area contributed by atoms with Gasteiger partial charge in [-0.3, -0.25) is 0 Å². The van der Waals surface area contributed by atoms with Crippen molar-refractivity contribution in [1.82, 2.24) is 34.9 Å². The highest BCUT2D eigenvalue weighted by atomic mass is 15.0. The molecular weight excluding hydrogens is 1600 g/mol. The third-order valence-corrected chi connectivity index (χ3v) is 26.3. The molecule has 612 valence electrons. The standard InChI is InChI=1S/C63H39N3.C62H38N4/c1-3-17-41(18-4-1)59-39-60(42-19-5-2-6-20-42)66-63(65-59)43-33-31-40(32-34-43)54-38-61(57-36-45-22-8-10-24-47(45)49-26-12-14-28-51(49)57)64-62-53-30-16-15-29-52(53)56(37-58(54)62)55-35-44-21-7-9-23-46(44)48-25-11-13-27-50(48)55;1-3-17-40(18-4-1)60-64-61(41-19-5-2-6-20-41)66-62(65-60)42-33-31-39(32-34-42)53-38-58(56-36-44-22-8-10-24-46(44)48-26-12-14-28-50(48)56)63-59-52-30-16-15-29-51(52)55(37-57(53)59)54-35-43-21-7-9-23-45(43)47-25-11-13-27-49(47)54/h1-39H;1-38H. The predicted octanol–water partition coefficient (Wildman–Crippen LogP) is 33.0. The largest absolute Gasteiger partial charge is 0.247 e. The van der Waals surface area contributed by atoms with Crippen molar-refractivity contribution in [3.05, 3.63) is 467 Å². The average molecular weight is 1680 g/mol. The van der Waals surface area contributed by atoms with Crippen molar-refractivity contribution in [3.8, 4) is 135 Å². The van der Waals surface area contributed by atoms with E-state index in [1.165, 1.54) is 114 Å². The molecule has 0 radical (unpaired) electrons. The molecular formula is C125H77N7. The Labute approximate surface area is 761 Å². The SMILES string of the molecule is c1ccc(-c2cc(-c3ccccc3)nc(-c3ccc(-c4cc(-c5cc6ccccc6c6ccccc56)nc5c4cc(-c4cc6ccccc6c6ccccc46)c4ccccc45)cc3)n2)cc1.c1ccc(-c2nc(-c3ccccc3)nc(-c3ccc(-c4cc(-c5cc6ccccc6c6ccccc56)nc5c4cc(-c4cc6ccccc6c6ccccc46)c4ccccc45)cc3)n2)cc1. The predicted molar refractivity (Wildman–Crippen MR) is 553 cm³/mol. The number of nitrogens with zero attached hydrogens (tertiary/aromatic N) is 7. The van der Waals surface area contributed by atoms with Gasteiger partial charge in [0.15, 0.2) is 23.3 Å². The molecule has 0 unspecified atom stereocenters. The molecule has 0 aliphatic rings. The first kappa shape index (κ1) is 76.8. The number of fused-ring (bicyclic) bond motifs is 18. The molecule has 0 aliphatic carbocycles. The monoisotopic (exact) mass is 1680 g/mol. The summed E-state index contributed by atoms with van der Waals surface area (Å²) in [6.45, 7) is 0. The van der Waals surface area contributed by atoms with Crippen molar-refractivity contribution in [3.63, 3.8) is 0 Å². The molecule has 0 aliphatic heterocycles. The van der Waals surface area contributed by atoms with Crippen LogP contribution in [0.5, 0.6) is 0 Å². The van der Waals surface area contributed by atoms with E-state index < -0.39 is 0 Å². The Kier molecular flexibility index (Phi) is 18.8. The summed E-state index contributed by atoms with van der Waals surface area (Å²) < 4.78 is 0. The second-order valence-electron chi connectivity index (χ2n) is 34.0. The Morgan fingerprint density at radius 1 is 0.106 bits per heavy atom. The lowest BCUT2D eigenvalue weighted by atomic mass is 9.87. The summed E-state index contributed by atoms with van der Waals surface area (Å²) in [5.74, 6) is 2.57. The molecule has 26 aromatic rings. The zero-order valence-electron chi connectivity index (χ0n) is 71.6. The van der Waals surface area contributed by atoms with Gasteiger partial charge in [-0.2, -0.15) is 0 Å². The highest BCUT2D eigenvalue weighted by Gasteiger charge is 2.25. The smallest absolute Gasteiger partial charge is 0.164 e. The minimum Gasteiger partial charge on any atom is -0.247 e. The third kappa shape index (κ3) is 13.6. The highest BCUT2D eigenvalue weighted by Crippen LogP contribution is 2.49. The molecule has 0 amide bonds. The van der Waals surface area contributed by atoms with E-state index in [2.05, 4.69) is 394 Å². The molecule has 0 fully saturated rings. The van der Waals surface area contributed by atoms with Crippen LogP contribution in [0, 0.1) is 0 Å². The summed E-state index contributed by atoms with van der Waals surface area (Å²) in [5.41, 5.74) is 22.7. The van der Waals surface area contributed by atoms with Crippen molar-refractivity contribution in [2.45, 2.75) is 0 Å². The van der Waals surface area contributed by atoms with Crippen LogP contribution in [-0.4, -0.2) is 34.9 Å². The van der Waals surface area contributed by atoms with Crippen LogP contribution in [0.2, 0.25) is 0 Å². The van der Waals surface area contributed by atoms with Gasteiger partial charge in [0, 0.05) is 66.1 Å². The first-order valence-electron chi connectivity index (χ1n) is 44.9. The Hall–Kier alpha value is -17.7. The van der Waals surface area contributed by atoms with Crippen LogP contribution in [0.15, 0.2) is 467 Å². The Morgan fingerprint density at radius 3 is 0.644 bits per heavy atom. The summed E-state index contributed by atoms with van der Waals surface area (Å²) in [5, 5.41) is 26.2. The van der Waals surface area contributed by atoms with E-state index in [0.29, 0.717) is 23.3 Å². The van der Waals surface area contributed by atoms with Gasteiger partial charge < -0.3 is 0 Å². The molecule has 7 nitrogen and oxygen atoms in total. The number of hydrogen-bond donors (Lipinski definition) is 0. The summed E-state index contributed by atoms with van der Waals surface area (Å²) in [6.07, 6.45) is 0. The average Bonchev–Trinajstić information content (AvgIpc) is 0.721. The Balaban J connectivity index is 0.000000142. The number of benzene rings is 22. The van der Waals surface area contributed by atoms with Crippen LogP contribution in [0.4, 0.5) is 0 Å². The van der Waals surface area contributed by atoms with Crippen molar-refractivity contribution in [2.75, 3.05) is 0 Å². The van der Waals surface area contributed by atoms with Crippen LogP contribution in [-0.2, 0) is 0 Å². The van der Waals surface area contributed by atoms with Gasteiger partial charge in [0.25, 0.3) is 0 Å². The van der Waals surface area contributed by atoms with Gasteiger partial charge in [-0.15, -0.1) is 0 Å². The summed E-state index contributed by atoms with van der Waals surface area (Å²) >= 11 is 0. The van der Waals surface area contributed by atoms with E-state index in [9.17, 15) is 0 Å². The van der Waals surface area contributed by atoms with Gasteiger partial charge in [0.05, 0.1) is 33.8 Å². The third-order valence-electron chi connectivity index (χ3n) is 26.3. The molecule has 26 rings (SSSR count).